The molecule has 0 saturated carbocycles. The molecule has 1 heterocycles. The van der Waals surface area contributed by atoms with Gasteiger partial charge in [0.2, 0.25) is 5.91 Å². The van der Waals surface area contributed by atoms with E-state index in [1.165, 1.54) is 0 Å². The number of hydrogen-bond donors (Lipinski definition) is 0. The predicted octanol–water partition coefficient (Wildman–Crippen LogP) is 3.40. The van der Waals surface area contributed by atoms with Gasteiger partial charge in [-0.2, -0.15) is 0 Å². The number of amides is 1. The molecule has 0 N–H and O–H groups in total. The number of carbonyl (C=O) groups excluding carboxylic acids is 1. The second-order valence-electron chi connectivity index (χ2n) is 6.41. The third kappa shape index (κ3) is 2.62. The van der Waals surface area contributed by atoms with Crippen LogP contribution in [0.2, 0.25) is 0 Å². The molecule has 4 heteroatoms. The first-order chi connectivity index (χ1) is 11.1. The molecule has 3 rings (SSSR count). The average molecular weight is 313 g/mol. The quantitative estimate of drug-likeness (QED) is 0.868. The zero-order valence-corrected chi connectivity index (χ0v) is 14.2. The summed E-state index contributed by atoms with van der Waals surface area (Å²) in [5.41, 5.74) is 2.04. The van der Waals surface area contributed by atoms with E-state index in [2.05, 4.69) is 13.8 Å². The van der Waals surface area contributed by atoms with Gasteiger partial charge in [-0.05, 0) is 5.92 Å². The number of carbonyl (C=O) groups is 1. The van der Waals surface area contributed by atoms with Gasteiger partial charge in [-0.1, -0.05) is 38.1 Å². The third-order valence-corrected chi connectivity index (χ3v) is 4.35. The maximum absolute atomic E-state index is 12.5. The van der Waals surface area contributed by atoms with Crippen LogP contribution in [0, 0.1) is 5.92 Å². The number of ether oxygens (including phenoxy) is 2. The van der Waals surface area contributed by atoms with Crippen LogP contribution in [0.1, 0.15) is 25.0 Å². The van der Waals surface area contributed by atoms with Gasteiger partial charge in [0.05, 0.1) is 20.6 Å². The van der Waals surface area contributed by atoms with Gasteiger partial charge in [0.25, 0.3) is 0 Å². The Morgan fingerprint density at radius 1 is 1.04 bits per heavy atom. The van der Waals surface area contributed by atoms with Crippen molar-refractivity contribution in [2.24, 2.45) is 5.92 Å². The summed E-state index contributed by atoms with van der Waals surface area (Å²) in [6.07, 6.45) is 0.367. The smallest absolute Gasteiger partial charge is 0.227 e. The predicted molar refractivity (Wildman–Crippen MR) is 91.0 cm³/mol. The van der Waals surface area contributed by atoms with Gasteiger partial charge in [0.1, 0.15) is 11.5 Å². The molecule has 1 aliphatic heterocycles. The molecule has 0 aromatic heterocycles. The fourth-order valence-corrected chi connectivity index (χ4v) is 3.45. The summed E-state index contributed by atoms with van der Waals surface area (Å²) in [6.45, 7) is 5.59. The average Bonchev–Trinajstić information content (AvgIpc) is 2.53. The van der Waals surface area contributed by atoms with Crippen molar-refractivity contribution < 1.29 is 14.3 Å². The lowest BCUT2D eigenvalue weighted by Gasteiger charge is -2.32. The second-order valence-corrected chi connectivity index (χ2v) is 6.41. The maximum atomic E-state index is 12.5. The van der Waals surface area contributed by atoms with Crippen molar-refractivity contribution >= 4 is 16.7 Å². The molecule has 0 atom stereocenters. The highest BCUT2D eigenvalue weighted by Gasteiger charge is 2.30. The van der Waals surface area contributed by atoms with Crippen molar-refractivity contribution in [3.8, 4) is 11.5 Å². The zero-order chi connectivity index (χ0) is 16.6. The van der Waals surface area contributed by atoms with E-state index in [9.17, 15) is 4.79 Å². The van der Waals surface area contributed by atoms with E-state index in [4.69, 9.17) is 9.47 Å². The Morgan fingerprint density at radius 3 is 2.13 bits per heavy atom. The Balaban J connectivity index is 2.22. The van der Waals surface area contributed by atoms with Crippen LogP contribution in [-0.4, -0.2) is 31.6 Å². The van der Waals surface area contributed by atoms with E-state index < -0.39 is 0 Å². The minimum atomic E-state index is 0.154. The number of rotatable bonds is 4. The molecule has 2 aromatic rings. The normalized spacial score (nSPS) is 14.3. The molecule has 0 unspecified atom stereocenters. The SMILES string of the molecule is COc1c2c(c(OC)c3ccccc13)CN(CC(C)C)C(=O)C2. The summed E-state index contributed by atoms with van der Waals surface area (Å²) in [5, 5.41) is 2.03. The molecule has 2 aromatic carbocycles. The van der Waals surface area contributed by atoms with Crippen molar-refractivity contribution in [2.45, 2.75) is 26.8 Å². The standard InChI is InChI=1S/C19H23NO3/c1-12(2)10-20-11-16-15(9-17(20)21)18(22-3)13-7-5-6-8-14(13)19(16)23-4/h5-8,12H,9-11H2,1-4H3. The van der Waals surface area contributed by atoms with Crippen molar-refractivity contribution in [3.05, 3.63) is 35.4 Å². The largest absolute Gasteiger partial charge is 0.496 e. The van der Waals surface area contributed by atoms with Crippen molar-refractivity contribution in [1.82, 2.24) is 4.90 Å². The summed E-state index contributed by atoms with van der Waals surface area (Å²) in [4.78, 5) is 14.4. The number of nitrogens with zero attached hydrogens (tertiary/aromatic N) is 1. The van der Waals surface area contributed by atoms with Gasteiger partial charge in [0, 0.05) is 35.0 Å². The second kappa shape index (κ2) is 6.11. The van der Waals surface area contributed by atoms with Gasteiger partial charge in [-0.15, -0.1) is 0 Å². The van der Waals surface area contributed by atoms with Crippen molar-refractivity contribution in [2.75, 3.05) is 20.8 Å². The number of methoxy groups -OCH3 is 2. The molecule has 0 fully saturated rings. The first-order valence-electron chi connectivity index (χ1n) is 7.99. The first kappa shape index (κ1) is 15.7. The van der Waals surface area contributed by atoms with E-state index in [-0.39, 0.29) is 5.91 Å². The molecule has 0 bridgehead atoms. The summed E-state index contributed by atoms with van der Waals surface area (Å²) in [5.74, 6) is 2.25. The molecule has 0 aliphatic carbocycles. The molecule has 0 radical (unpaired) electrons. The van der Waals surface area contributed by atoms with Crippen LogP contribution in [0.4, 0.5) is 0 Å². The van der Waals surface area contributed by atoms with Crippen LogP contribution in [0.3, 0.4) is 0 Å². The van der Waals surface area contributed by atoms with E-state index in [0.29, 0.717) is 18.9 Å². The van der Waals surface area contributed by atoms with Gasteiger partial charge >= 0.3 is 0 Å². The van der Waals surface area contributed by atoms with Gasteiger partial charge in [-0.3, -0.25) is 4.79 Å². The highest BCUT2D eigenvalue weighted by Crippen LogP contribution is 2.43. The van der Waals surface area contributed by atoms with Crippen molar-refractivity contribution in [3.63, 3.8) is 0 Å². The van der Waals surface area contributed by atoms with Crippen LogP contribution in [0.5, 0.6) is 11.5 Å². The fourth-order valence-electron chi connectivity index (χ4n) is 3.45. The Hall–Kier alpha value is -2.23. The Labute approximate surface area is 137 Å². The molecule has 0 saturated heterocycles. The minimum Gasteiger partial charge on any atom is -0.496 e. The highest BCUT2D eigenvalue weighted by atomic mass is 16.5. The van der Waals surface area contributed by atoms with E-state index in [1.54, 1.807) is 14.2 Å². The van der Waals surface area contributed by atoms with Crippen LogP contribution in [-0.2, 0) is 17.8 Å². The molecule has 122 valence electrons. The monoisotopic (exact) mass is 313 g/mol. The van der Waals surface area contributed by atoms with Crippen LogP contribution in [0.25, 0.3) is 10.8 Å². The Kier molecular flexibility index (Phi) is 4.16. The Bertz CT molecular complexity index is 752. The number of benzene rings is 2. The molecule has 4 nitrogen and oxygen atoms in total. The zero-order valence-electron chi connectivity index (χ0n) is 14.2. The maximum Gasteiger partial charge on any atom is 0.227 e. The molecular formula is C19H23NO3. The molecular weight excluding hydrogens is 290 g/mol. The van der Waals surface area contributed by atoms with Crippen LogP contribution in [0.15, 0.2) is 24.3 Å². The number of fused-ring (bicyclic) bond motifs is 2. The third-order valence-electron chi connectivity index (χ3n) is 4.35. The van der Waals surface area contributed by atoms with Crippen LogP contribution < -0.4 is 9.47 Å². The molecule has 23 heavy (non-hydrogen) atoms. The van der Waals surface area contributed by atoms with E-state index in [1.807, 2.05) is 29.2 Å². The molecule has 1 aliphatic rings. The summed E-state index contributed by atoms with van der Waals surface area (Å²) in [7, 11) is 3.36. The van der Waals surface area contributed by atoms with Crippen molar-refractivity contribution in [1.29, 1.82) is 0 Å². The lowest BCUT2D eigenvalue weighted by molar-refractivity contribution is -0.132. The van der Waals surface area contributed by atoms with E-state index >= 15 is 0 Å². The fraction of sp³-hybridized carbons (Fsp3) is 0.421. The number of hydrogen-bond acceptors (Lipinski definition) is 3. The summed E-state index contributed by atoms with van der Waals surface area (Å²) >= 11 is 0. The minimum absolute atomic E-state index is 0.154. The molecule has 1 amide bonds. The lowest BCUT2D eigenvalue weighted by Crippen LogP contribution is -2.38. The highest BCUT2D eigenvalue weighted by molar-refractivity contribution is 5.98. The summed E-state index contributed by atoms with van der Waals surface area (Å²) in [6, 6.07) is 8.03. The van der Waals surface area contributed by atoms with Gasteiger partial charge < -0.3 is 14.4 Å². The topological polar surface area (TPSA) is 38.8 Å². The Morgan fingerprint density at radius 2 is 1.61 bits per heavy atom. The van der Waals surface area contributed by atoms with E-state index in [0.717, 1.165) is 39.9 Å². The summed E-state index contributed by atoms with van der Waals surface area (Å²) < 4.78 is 11.4. The van der Waals surface area contributed by atoms with Gasteiger partial charge in [-0.25, -0.2) is 0 Å². The van der Waals surface area contributed by atoms with Crippen LogP contribution >= 0.6 is 0 Å². The van der Waals surface area contributed by atoms with Gasteiger partial charge in [0.15, 0.2) is 0 Å². The lowest BCUT2D eigenvalue weighted by atomic mass is 9.92. The molecule has 0 spiro atoms. The first-order valence-corrected chi connectivity index (χ1v) is 7.99.